The molecule has 1 aromatic rings. The van der Waals surface area contributed by atoms with E-state index in [9.17, 15) is 27.6 Å². The summed E-state index contributed by atoms with van der Waals surface area (Å²) < 4.78 is 38.5. The molecule has 0 bridgehead atoms. The van der Waals surface area contributed by atoms with Gasteiger partial charge in [0.05, 0.1) is 23.6 Å². The quantitative estimate of drug-likeness (QED) is 0.819. The summed E-state index contributed by atoms with van der Waals surface area (Å²) in [6, 6.07) is 4.23. The normalized spacial score (nSPS) is 12.4. The second-order valence-corrected chi connectivity index (χ2v) is 5.24. The topological polar surface area (TPSA) is 86.7 Å². The van der Waals surface area contributed by atoms with Crippen LogP contribution in [0.15, 0.2) is 24.3 Å². The lowest BCUT2D eigenvalue weighted by Gasteiger charge is -2.20. The molecule has 6 nitrogen and oxygen atoms in total. The van der Waals surface area contributed by atoms with E-state index >= 15 is 0 Å². The van der Waals surface area contributed by atoms with Gasteiger partial charge >= 0.3 is 12.1 Å². The summed E-state index contributed by atoms with van der Waals surface area (Å²) >= 11 is 0. The molecule has 0 saturated heterocycles. The third kappa shape index (κ3) is 5.25. The molecule has 0 saturated carbocycles. The average Bonchev–Trinajstić information content (AvgIpc) is 2.51. The van der Waals surface area contributed by atoms with Gasteiger partial charge < -0.3 is 15.3 Å². The maximum absolute atomic E-state index is 12.8. The molecule has 9 heteroatoms. The Bertz CT molecular complexity index is 631. The molecule has 2 N–H and O–H groups in total. The summed E-state index contributed by atoms with van der Waals surface area (Å²) in [5.41, 5.74) is -1.68. The number of nitrogens with one attached hydrogen (secondary N) is 1. The summed E-state index contributed by atoms with van der Waals surface area (Å²) in [5, 5.41) is 10.9. The number of hydrogen-bond acceptors (Lipinski definition) is 3. The third-order valence-electron chi connectivity index (χ3n) is 3.27. The van der Waals surface area contributed by atoms with Crippen LogP contribution in [0.4, 0.5) is 13.2 Å². The first kappa shape index (κ1) is 19.5. The van der Waals surface area contributed by atoms with Gasteiger partial charge in [0, 0.05) is 13.6 Å². The van der Waals surface area contributed by atoms with Crippen molar-refractivity contribution in [3.8, 4) is 0 Å². The van der Waals surface area contributed by atoms with Gasteiger partial charge in [0.2, 0.25) is 5.91 Å². The van der Waals surface area contributed by atoms with Crippen molar-refractivity contribution in [3.63, 3.8) is 0 Å². The van der Waals surface area contributed by atoms with E-state index in [1.165, 1.54) is 20.0 Å². The van der Waals surface area contributed by atoms with E-state index in [2.05, 4.69) is 5.32 Å². The number of hydrogen-bond donors (Lipinski definition) is 2. The lowest BCUT2D eigenvalue weighted by molar-refractivity contribution is -0.142. The highest BCUT2D eigenvalue weighted by atomic mass is 19.4. The van der Waals surface area contributed by atoms with Gasteiger partial charge in [-0.3, -0.25) is 14.4 Å². The number of carboxylic acid groups (broad SMARTS) is 1. The van der Waals surface area contributed by atoms with Crippen molar-refractivity contribution < 1.29 is 32.7 Å². The van der Waals surface area contributed by atoms with Crippen LogP contribution in [-0.4, -0.2) is 47.9 Å². The van der Waals surface area contributed by atoms with Crippen molar-refractivity contribution in [3.05, 3.63) is 35.4 Å². The number of alkyl halides is 3. The monoisotopic (exact) mass is 346 g/mol. The lowest BCUT2D eigenvalue weighted by Crippen LogP contribution is -2.41. The number of carbonyl (C=O) groups excluding carboxylic acids is 2. The fourth-order valence-corrected chi connectivity index (χ4v) is 1.91. The molecule has 1 rings (SSSR count). The van der Waals surface area contributed by atoms with Crippen LogP contribution in [0.2, 0.25) is 0 Å². The zero-order chi connectivity index (χ0) is 18.5. The maximum atomic E-state index is 12.8. The smallest absolute Gasteiger partial charge is 0.417 e. The molecule has 0 aliphatic carbocycles. The number of amides is 2. The standard InChI is InChI=1S/C15H17F3N2O4/c1-9(14(23)24)8-20(2)12(21)7-19-13(22)10-5-3-4-6-11(10)15(16,17)18/h3-6,9H,7-8H2,1-2H3,(H,19,22)(H,23,24). The fourth-order valence-electron chi connectivity index (χ4n) is 1.91. The molecule has 2 amide bonds. The largest absolute Gasteiger partial charge is 0.481 e. The number of carbonyl (C=O) groups is 3. The Morgan fingerprint density at radius 1 is 1.25 bits per heavy atom. The van der Waals surface area contributed by atoms with Gasteiger partial charge in [0.15, 0.2) is 0 Å². The van der Waals surface area contributed by atoms with Crippen LogP contribution in [0, 0.1) is 5.92 Å². The molecule has 0 heterocycles. The van der Waals surface area contributed by atoms with Crippen LogP contribution in [0.1, 0.15) is 22.8 Å². The predicted molar refractivity (Wildman–Crippen MR) is 78.2 cm³/mol. The van der Waals surface area contributed by atoms with Crippen LogP contribution >= 0.6 is 0 Å². The number of likely N-dealkylation sites (N-methyl/N-ethyl adjacent to an activating group) is 1. The Hall–Kier alpha value is -2.58. The van der Waals surface area contributed by atoms with E-state index in [1.54, 1.807) is 0 Å². The second-order valence-electron chi connectivity index (χ2n) is 5.24. The van der Waals surface area contributed by atoms with Crippen molar-refractivity contribution in [2.24, 2.45) is 5.92 Å². The highest BCUT2D eigenvalue weighted by Crippen LogP contribution is 2.31. The minimum Gasteiger partial charge on any atom is -0.481 e. The van der Waals surface area contributed by atoms with Gasteiger partial charge in [-0.1, -0.05) is 19.1 Å². The van der Waals surface area contributed by atoms with E-state index in [0.717, 1.165) is 23.1 Å². The Labute approximate surface area is 136 Å². The summed E-state index contributed by atoms with van der Waals surface area (Å²) in [4.78, 5) is 35.5. The number of carboxylic acids is 1. The Balaban J connectivity index is 2.70. The lowest BCUT2D eigenvalue weighted by atomic mass is 10.1. The molecular formula is C15H17F3N2O4. The molecule has 1 aromatic carbocycles. The van der Waals surface area contributed by atoms with Crippen LogP contribution in [0.25, 0.3) is 0 Å². The molecular weight excluding hydrogens is 329 g/mol. The van der Waals surface area contributed by atoms with E-state index in [4.69, 9.17) is 5.11 Å². The van der Waals surface area contributed by atoms with Gasteiger partial charge in [-0.2, -0.15) is 13.2 Å². The fraction of sp³-hybridized carbons (Fsp3) is 0.400. The molecule has 0 aromatic heterocycles. The molecule has 24 heavy (non-hydrogen) atoms. The number of aliphatic carboxylic acids is 1. The molecule has 132 valence electrons. The van der Waals surface area contributed by atoms with Gasteiger partial charge in [0.1, 0.15) is 0 Å². The molecule has 1 atom stereocenters. The van der Waals surface area contributed by atoms with Crippen molar-refractivity contribution in [2.75, 3.05) is 20.1 Å². The minimum atomic E-state index is -4.69. The summed E-state index contributed by atoms with van der Waals surface area (Å²) in [7, 11) is 1.34. The number of rotatable bonds is 6. The molecule has 0 radical (unpaired) electrons. The van der Waals surface area contributed by atoms with Crippen LogP contribution < -0.4 is 5.32 Å². The van der Waals surface area contributed by atoms with Crippen molar-refractivity contribution in [2.45, 2.75) is 13.1 Å². The first-order chi connectivity index (χ1) is 11.0. The van der Waals surface area contributed by atoms with Crippen LogP contribution in [0.3, 0.4) is 0 Å². The first-order valence-electron chi connectivity index (χ1n) is 6.95. The zero-order valence-corrected chi connectivity index (χ0v) is 13.1. The zero-order valence-electron chi connectivity index (χ0n) is 13.1. The van der Waals surface area contributed by atoms with E-state index in [1.807, 2.05) is 0 Å². The third-order valence-corrected chi connectivity index (χ3v) is 3.27. The van der Waals surface area contributed by atoms with Crippen LogP contribution in [0.5, 0.6) is 0 Å². The van der Waals surface area contributed by atoms with E-state index < -0.39 is 47.5 Å². The second kappa shape index (κ2) is 7.80. The van der Waals surface area contributed by atoms with Gasteiger partial charge in [-0.15, -0.1) is 0 Å². The van der Waals surface area contributed by atoms with Crippen LogP contribution in [-0.2, 0) is 15.8 Å². The molecule has 0 fully saturated rings. The Kier molecular flexibility index (Phi) is 6.33. The number of benzene rings is 1. The summed E-state index contributed by atoms with van der Waals surface area (Å²) in [5.74, 6) is -3.53. The summed E-state index contributed by atoms with van der Waals surface area (Å²) in [6.07, 6.45) is -4.69. The van der Waals surface area contributed by atoms with Crippen molar-refractivity contribution in [1.82, 2.24) is 10.2 Å². The number of nitrogens with zero attached hydrogens (tertiary/aromatic N) is 1. The van der Waals surface area contributed by atoms with E-state index in [0.29, 0.717) is 0 Å². The predicted octanol–water partition coefficient (Wildman–Crippen LogP) is 1.61. The molecule has 0 aliphatic heterocycles. The van der Waals surface area contributed by atoms with Crippen molar-refractivity contribution in [1.29, 1.82) is 0 Å². The van der Waals surface area contributed by atoms with Gasteiger partial charge in [-0.25, -0.2) is 0 Å². The molecule has 0 spiro atoms. The SMILES string of the molecule is CC(CN(C)C(=O)CNC(=O)c1ccccc1C(F)(F)F)C(=O)O. The molecule has 0 aliphatic rings. The molecule has 1 unspecified atom stereocenters. The van der Waals surface area contributed by atoms with E-state index in [-0.39, 0.29) is 6.54 Å². The maximum Gasteiger partial charge on any atom is 0.417 e. The van der Waals surface area contributed by atoms with Gasteiger partial charge in [-0.05, 0) is 12.1 Å². The Morgan fingerprint density at radius 3 is 2.38 bits per heavy atom. The highest BCUT2D eigenvalue weighted by molar-refractivity contribution is 5.97. The summed E-state index contributed by atoms with van der Waals surface area (Å²) in [6.45, 7) is 0.793. The average molecular weight is 346 g/mol. The first-order valence-corrected chi connectivity index (χ1v) is 6.95. The van der Waals surface area contributed by atoms with Crippen molar-refractivity contribution >= 4 is 17.8 Å². The Morgan fingerprint density at radius 2 is 1.83 bits per heavy atom. The highest BCUT2D eigenvalue weighted by Gasteiger charge is 2.34. The number of halogens is 3. The minimum absolute atomic E-state index is 0.0802. The van der Waals surface area contributed by atoms with Gasteiger partial charge in [0.25, 0.3) is 5.91 Å².